The van der Waals surface area contributed by atoms with E-state index in [1.54, 1.807) is 23.8 Å². The number of benzene rings is 1. The third-order valence-electron chi connectivity index (χ3n) is 4.59. The van der Waals surface area contributed by atoms with Crippen molar-refractivity contribution in [1.82, 2.24) is 10.3 Å². The zero-order valence-corrected chi connectivity index (χ0v) is 17.3. The smallest absolute Gasteiger partial charge is 0.227 e. The molecular weight excluding hydrogens is 374 g/mol. The third-order valence-corrected chi connectivity index (χ3v) is 5.54. The van der Waals surface area contributed by atoms with Crippen LogP contribution >= 0.6 is 11.8 Å². The molecular formula is C21H25N3O3S. The van der Waals surface area contributed by atoms with Crippen molar-refractivity contribution in [2.24, 2.45) is 0 Å². The van der Waals surface area contributed by atoms with E-state index in [0.717, 1.165) is 39.0 Å². The summed E-state index contributed by atoms with van der Waals surface area (Å²) in [6.07, 6.45) is 0.349. The number of nitrogens with one attached hydrogen (secondary N) is 1. The molecule has 0 aliphatic carbocycles. The van der Waals surface area contributed by atoms with Crippen LogP contribution in [-0.2, 0) is 16.1 Å². The van der Waals surface area contributed by atoms with Gasteiger partial charge in [0.25, 0.3) is 0 Å². The monoisotopic (exact) mass is 399 g/mol. The van der Waals surface area contributed by atoms with Gasteiger partial charge in [0.1, 0.15) is 10.8 Å². The van der Waals surface area contributed by atoms with Gasteiger partial charge in [-0.15, -0.1) is 11.8 Å². The Kier molecular flexibility index (Phi) is 6.57. The highest BCUT2D eigenvalue weighted by Crippen LogP contribution is 2.36. The second kappa shape index (κ2) is 9.10. The highest BCUT2D eigenvalue weighted by atomic mass is 32.2. The van der Waals surface area contributed by atoms with E-state index >= 15 is 0 Å². The summed E-state index contributed by atoms with van der Waals surface area (Å²) in [4.78, 5) is 31.3. The lowest BCUT2D eigenvalue weighted by Gasteiger charge is -2.30. The van der Waals surface area contributed by atoms with Crippen molar-refractivity contribution >= 4 is 29.3 Å². The zero-order valence-electron chi connectivity index (χ0n) is 16.4. The number of amides is 2. The van der Waals surface area contributed by atoms with Crippen LogP contribution in [0.15, 0.2) is 35.4 Å². The van der Waals surface area contributed by atoms with E-state index in [0.29, 0.717) is 13.1 Å². The highest BCUT2D eigenvalue weighted by Gasteiger charge is 2.26. The summed E-state index contributed by atoms with van der Waals surface area (Å²) < 4.78 is 5.18. The first-order valence-electron chi connectivity index (χ1n) is 9.29. The lowest BCUT2D eigenvalue weighted by Crippen LogP contribution is -2.37. The number of nitrogens with zero attached hydrogens (tertiary/aromatic N) is 2. The molecule has 0 spiro atoms. The molecule has 1 aliphatic heterocycles. The van der Waals surface area contributed by atoms with Gasteiger partial charge in [0.2, 0.25) is 11.8 Å². The molecule has 0 saturated heterocycles. The normalized spacial score (nSPS) is 13.0. The molecule has 3 rings (SSSR count). The molecule has 28 heavy (non-hydrogen) atoms. The number of rotatable bonds is 6. The van der Waals surface area contributed by atoms with Crippen molar-refractivity contribution in [1.29, 1.82) is 0 Å². The first-order chi connectivity index (χ1) is 13.5. The number of aromatic nitrogens is 1. The van der Waals surface area contributed by atoms with Crippen LogP contribution in [0, 0.1) is 13.8 Å². The van der Waals surface area contributed by atoms with Crippen LogP contribution in [0.3, 0.4) is 0 Å². The molecule has 2 aromatic rings. The van der Waals surface area contributed by atoms with Crippen molar-refractivity contribution in [2.45, 2.75) is 38.3 Å². The van der Waals surface area contributed by atoms with Gasteiger partial charge >= 0.3 is 0 Å². The zero-order chi connectivity index (χ0) is 20.1. The largest absolute Gasteiger partial charge is 0.497 e. The molecule has 0 unspecified atom stereocenters. The maximum atomic E-state index is 12.8. The Bertz CT molecular complexity index is 885. The van der Waals surface area contributed by atoms with Gasteiger partial charge in [-0.1, -0.05) is 12.1 Å². The van der Waals surface area contributed by atoms with Crippen molar-refractivity contribution in [3.05, 3.63) is 47.2 Å². The van der Waals surface area contributed by atoms with E-state index < -0.39 is 0 Å². The second-order valence-electron chi connectivity index (χ2n) is 6.76. The number of thioether (sulfide) groups is 1. The number of fused-ring (bicyclic) bond motifs is 1. The molecule has 1 aromatic heterocycles. The standard InChI is InChI=1S/C21H25N3O3S/c1-14-11-15(2)23-21-20(14)24(9-10-28-21)19(26)8-7-18(25)22-13-16-5-4-6-17(12-16)27-3/h4-6,11-12H,7-10,13H2,1-3H3,(H,22,25). The quantitative estimate of drug-likeness (QED) is 0.807. The van der Waals surface area contributed by atoms with Gasteiger partial charge in [0.15, 0.2) is 0 Å². The molecule has 6 nitrogen and oxygen atoms in total. The van der Waals surface area contributed by atoms with Crippen molar-refractivity contribution in [3.63, 3.8) is 0 Å². The van der Waals surface area contributed by atoms with E-state index in [-0.39, 0.29) is 24.7 Å². The minimum Gasteiger partial charge on any atom is -0.497 e. The molecule has 1 aromatic carbocycles. The Morgan fingerprint density at radius 2 is 2.07 bits per heavy atom. The fraction of sp³-hybridized carbons (Fsp3) is 0.381. The van der Waals surface area contributed by atoms with E-state index in [1.807, 2.05) is 44.2 Å². The van der Waals surface area contributed by atoms with Crippen LogP contribution in [0.4, 0.5) is 5.69 Å². The average Bonchev–Trinajstić information content (AvgIpc) is 2.69. The fourth-order valence-electron chi connectivity index (χ4n) is 3.25. The summed E-state index contributed by atoms with van der Waals surface area (Å²) in [5.41, 5.74) is 3.85. The van der Waals surface area contributed by atoms with Crippen LogP contribution in [0.5, 0.6) is 5.75 Å². The molecule has 0 fully saturated rings. The molecule has 0 radical (unpaired) electrons. The van der Waals surface area contributed by atoms with Crippen molar-refractivity contribution < 1.29 is 14.3 Å². The number of hydrogen-bond donors (Lipinski definition) is 1. The molecule has 148 valence electrons. The van der Waals surface area contributed by atoms with Crippen LogP contribution < -0.4 is 15.0 Å². The van der Waals surface area contributed by atoms with Crippen molar-refractivity contribution in [2.75, 3.05) is 24.3 Å². The van der Waals surface area contributed by atoms with Gasteiger partial charge < -0.3 is 15.0 Å². The Morgan fingerprint density at radius 3 is 2.86 bits per heavy atom. The van der Waals surface area contributed by atoms with E-state index in [9.17, 15) is 9.59 Å². The lowest BCUT2D eigenvalue weighted by atomic mass is 10.1. The number of ether oxygens (including phenoxy) is 1. The third kappa shape index (κ3) is 4.84. The van der Waals surface area contributed by atoms with E-state index in [1.165, 1.54) is 0 Å². The topological polar surface area (TPSA) is 71.5 Å². The van der Waals surface area contributed by atoms with Crippen LogP contribution in [0.2, 0.25) is 0 Å². The summed E-state index contributed by atoms with van der Waals surface area (Å²) in [7, 11) is 1.61. The number of methoxy groups -OCH3 is 1. The van der Waals surface area contributed by atoms with Crippen LogP contribution in [-0.4, -0.2) is 36.2 Å². The lowest BCUT2D eigenvalue weighted by molar-refractivity contribution is -0.125. The molecule has 7 heteroatoms. The van der Waals surface area contributed by atoms with Crippen LogP contribution in [0.25, 0.3) is 0 Å². The molecule has 1 aliphatic rings. The first-order valence-corrected chi connectivity index (χ1v) is 10.3. The molecule has 0 bridgehead atoms. The number of hydrogen-bond acceptors (Lipinski definition) is 5. The van der Waals surface area contributed by atoms with Gasteiger partial charge in [0, 0.05) is 37.4 Å². The Balaban J connectivity index is 1.55. The maximum absolute atomic E-state index is 12.8. The molecule has 2 amide bonds. The van der Waals surface area contributed by atoms with E-state index in [4.69, 9.17) is 4.74 Å². The summed E-state index contributed by atoms with van der Waals surface area (Å²) >= 11 is 1.68. The summed E-state index contributed by atoms with van der Waals surface area (Å²) in [5, 5.41) is 3.77. The van der Waals surface area contributed by atoms with E-state index in [2.05, 4.69) is 10.3 Å². The van der Waals surface area contributed by atoms with Gasteiger partial charge in [-0.2, -0.15) is 0 Å². The SMILES string of the molecule is COc1cccc(CNC(=O)CCC(=O)N2CCSc3nc(C)cc(C)c32)c1. The predicted octanol–water partition coefficient (Wildman–Crippen LogP) is 3.24. The van der Waals surface area contributed by atoms with Gasteiger partial charge in [-0.05, 0) is 43.2 Å². The maximum Gasteiger partial charge on any atom is 0.227 e. The molecule has 2 heterocycles. The summed E-state index contributed by atoms with van der Waals surface area (Å²) in [5.74, 6) is 1.40. The highest BCUT2D eigenvalue weighted by molar-refractivity contribution is 7.99. The minimum atomic E-state index is -0.137. The Labute approximate surface area is 169 Å². The number of aryl methyl sites for hydroxylation is 2. The number of carbonyl (C=O) groups is 2. The van der Waals surface area contributed by atoms with Gasteiger partial charge in [0.05, 0.1) is 12.8 Å². The first kappa shape index (κ1) is 20.2. The fourth-order valence-corrected chi connectivity index (χ4v) is 4.33. The molecule has 1 N–H and O–H groups in total. The Hall–Kier alpha value is -2.54. The van der Waals surface area contributed by atoms with Gasteiger partial charge in [-0.25, -0.2) is 4.98 Å². The number of carbonyl (C=O) groups excluding carboxylic acids is 2. The number of pyridine rings is 1. The molecule has 0 atom stereocenters. The number of anilines is 1. The summed E-state index contributed by atoms with van der Waals surface area (Å²) in [6, 6.07) is 9.54. The van der Waals surface area contributed by atoms with Crippen molar-refractivity contribution in [3.8, 4) is 5.75 Å². The minimum absolute atomic E-state index is 0.0353. The second-order valence-corrected chi connectivity index (χ2v) is 7.84. The van der Waals surface area contributed by atoms with Crippen LogP contribution in [0.1, 0.15) is 29.7 Å². The Morgan fingerprint density at radius 1 is 1.25 bits per heavy atom. The molecule has 0 saturated carbocycles. The predicted molar refractivity (Wildman–Crippen MR) is 111 cm³/mol. The van der Waals surface area contributed by atoms with Gasteiger partial charge in [-0.3, -0.25) is 9.59 Å². The average molecular weight is 400 g/mol. The summed E-state index contributed by atoms with van der Waals surface area (Å²) in [6.45, 7) is 5.02.